The van der Waals surface area contributed by atoms with Gasteiger partial charge in [0.2, 0.25) is 0 Å². The Balaban J connectivity index is 2.27. The average molecular weight is 160 g/mol. The zero-order valence-electron chi connectivity index (χ0n) is 6.96. The summed E-state index contributed by atoms with van der Waals surface area (Å²) >= 11 is 0. The van der Waals surface area contributed by atoms with Crippen molar-refractivity contribution in [3.63, 3.8) is 0 Å². The van der Waals surface area contributed by atoms with Crippen LogP contribution in [0.4, 0.5) is 0 Å². The zero-order chi connectivity index (χ0) is 8.60. The number of hydrogen-bond donors (Lipinski definition) is 1. The minimum Gasteiger partial charge on any atom is -0.384 e. The van der Waals surface area contributed by atoms with E-state index in [0.717, 1.165) is 24.0 Å². The van der Waals surface area contributed by atoms with Crippen LogP contribution in [0.5, 0.6) is 0 Å². The first-order valence-corrected chi connectivity index (χ1v) is 4.15. The lowest BCUT2D eigenvalue weighted by Crippen LogP contribution is -2.35. The fourth-order valence-corrected chi connectivity index (χ4v) is 1.73. The summed E-state index contributed by atoms with van der Waals surface area (Å²) in [5, 5.41) is 9.99. The molecule has 0 heterocycles. The third-order valence-corrected chi connectivity index (χ3v) is 2.40. The molecule has 0 amide bonds. The molecular weight excluding hydrogens is 148 g/mol. The van der Waals surface area contributed by atoms with Gasteiger partial charge in [0, 0.05) is 12.8 Å². The first-order valence-electron chi connectivity index (χ1n) is 4.15. The van der Waals surface area contributed by atoms with E-state index in [4.69, 9.17) is 0 Å². The van der Waals surface area contributed by atoms with Crippen LogP contribution in [0, 0.1) is 0 Å². The van der Waals surface area contributed by atoms with Gasteiger partial charge in [-0.25, -0.2) is 0 Å². The van der Waals surface area contributed by atoms with Crippen molar-refractivity contribution in [1.29, 1.82) is 0 Å². The number of hydrogen-bond acceptors (Lipinski definition) is 1. The lowest BCUT2D eigenvalue weighted by molar-refractivity contribution is -0.00169. The Labute approximate surface area is 72.4 Å². The number of benzene rings is 1. The molecule has 0 radical (unpaired) electrons. The quantitative estimate of drug-likeness (QED) is 0.624. The van der Waals surface area contributed by atoms with Crippen LogP contribution < -0.4 is 0 Å². The summed E-state index contributed by atoms with van der Waals surface area (Å²) in [4.78, 5) is 0. The van der Waals surface area contributed by atoms with E-state index in [2.05, 4.69) is 6.58 Å². The van der Waals surface area contributed by atoms with Gasteiger partial charge in [-0.1, -0.05) is 42.5 Å². The summed E-state index contributed by atoms with van der Waals surface area (Å²) in [6, 6.07) is 9.79. The molecule has 0 aliphatic heterocycles. The molecule has 1 heteroatoms. The molecule has 1 aliphatic carbocycles. The molecular formula is C11H12O. The van der Waals surface area contributed by atoms with E-state index in [-0.39, 0.29) is 0 Å². The van der Waals surface area contributed by atoms with Crippen LogP contribution in [0.25, 0.3) is 0 Å². The van der Waals surface area contributed by atoms with Crippen LogP contribution in [-0.2, 0) is 5.60 Å². The largest absolute Gasteiger partial charge is 0.384 e. The predicted molar refractivity (Wildman–Crippen MR) is 48.7 cm³/mol. The molecule has 1 aliphatic rings. The van der Waals surface area contributed by atoms with Gasteiger partial charge in [-0.15, -0.1) is 0 Å². The van der Waals surface area contributed by atoms with Crippen LogP contribution in [-0.4, -0.2) is 5.11 Å². The molecule has 1 aromatic rings. The lowest BCUT2D eigenvalue weighted by Gasteiger charge is -2.39. The molecule has 0 saturated heterocycles. The molecule has 1 saturated carbocycles. The first kappa shape index (κ1) is 7.56. The van der Waals surface area contributed by atoms with E-state index in [9.17, 15) is 5.11 Å². The molecule has 1 N–H and O–H groups in total. The zero-order valence-corrected chi connectivity index (χ0v) is 6.96. The van der Waals surface area contributed by atoms with E-state index in [1.807, 2.05) is 30.3 Å². The highest BCUT2D eigenvalue weighted by Gasteiger charge is 2.38. The Hall–Kier alpha value is -1.08. The lowest BCUT2D eigenvalue weighted by atomic mass is 9.72. The van der Waals surface area contributed by atoms with Crippen LogP contribution >= 0.6 is 0 Å². The van der Waals surface area contributed by atoms with Gasteiger partial charge in [-0.3, -0.25) is 0 Å². The maximum atomic E-state index is 9.99. The van der Waals surface area contributed by atoms with Crippen molar-refractivity contribution in [2.45, 2.75) is 18.4 Å². The third-order valence-electron chi connectivity index (χ3n) is 2.40. The molecule has 1 aromatic carbocycles. The van der Waals surface area contributed by atoms with Gasteiger partial charge in [0.25, 0.3) is 0 Å². The van der Waals surface area contributed by atoms with E-state index >= 15 is 0 Å². The minimum atomic E-state index is -0.613. The van der Waals surface area contributed by atoms with Crippen molar-refractivity contribution >= 4 is 0 Å². The molecule has 0 aromatic heterocycles. The van der Waals surface area contributed by atoms with Gasteiger partial charge < -0.3 is 5.11 Å². The fraction of sp³-hybridized carbons (Fsp3) is 0.273. The molecule has 62 valence electrons. The Morgan fingerprint density at radius 2 is 1.75 bits per heavy atom. The van der Waals surface area contributed by atoms with Crippen LogP contribution in [0.2, 0.25) is 0 Å². The summed E-state index contributed by atoms with van der Waals surface area (Å²) < 4.78 is 0. The molecule has 0 bridgehead atoms. The topological polar surface area (TPSA) is 20.2 Å². The van der Waals surface area contributed by atoms with Crippen molar-refractivity contribution in [3.05, 3.63) is 48.0 Å². The molecule has 12 heavy (non-hydrogen) atoms. The smallest absolute Gasteiger partial charge is 0.0970 e. The van der Waals surface area contributed by atoms with Crippen molar-refractivity contribution in [1.82, 2.24) is 0 Å². The van der Waals surface area contributed by atoms with Crippen molar-refractivity contribution in [3.8, 4) is 0 Å². The fourth-order valence-electron chi connectivity index (χ4n) is 1.73. The molecule has 0 unspecified atom stereocenters. The van der Waals surface area contributed by atoms with Crippen LogP contribution in [0.15, 0.2) is 42.5 Å². The predicted octanol–water partition coefficient (Wildman–Crippen LogP) is 2.22. The Morgan fingerprint density at radius 1 is 1.17 bits per heavy atom. The van der Waals surface area contributed by atoms with E-state index < -0.39 is 5.60 Å². The Kier molecular flexibility index (Phi) is 1.55. The maximum absolute atomic E-state index is 9.99. The monoisotopic (exact) mass is 160 g/mol. The third kappa shape index (κ3) is 1.07. The summed E-state index contributed by atoms with van der Waals surface area (Å²) in [6.07, 6.45) is 1.44. The Bertz CT molecular complexity index is 292. The van der Waals surface area contributed by atoms with Gasteiger partial charge in [0.1, 0.15) is 0 Å². The van der Waals surface area contributed by atoms with Gasteiger partial charge in [0.05, 0.1) is 5.60 Å². The van der Waals surface area contributed by atoms with Crippen LogP contribution in [0.1, 0.15) is 18.4 Å². The summed E-state index contributed by atoms with van der Waals surface area (Å²) in [5.41, 5.74) is 1.54. The van der Waals surface area contributed by atoms with Gasteiger partial charge in [-0.2, -0.15) is 0 Å². The van der Waals surface area contributed by atoms with Gasteiger partial charge in [0.15, 0.2) is 0 Å². The highest BCUT2D eigenvalue weighted by Crippen LogP contribution is 2.43. The highest BCUT2D eigenvalue weighted by molar-refractivity contribution is 5.31. The first-order chi connectivity index (χ1) is 5.71. The number of aliphatic hydroxyl groups is 1. The van der Waals surface area contributed by atoms with Crippen molar-refractivity contribution < 1.29 is 5.11 Å². The van der Waals surface area contributed by atoms with E-state index in [1.54, 1.807) is 0 Å². The summed E-state index contributed by atoms with van der Waals surface area (Å²) in [7, 11) is 0. The minimum absolute atomic E-state index is 0.613. The SMILES string of the molecule is C=C1CC(O)(c2ccccc2)C1. The highest BCUT2D eigenvalue weighted by atomic mass is 16.3. The second-order valence-electron chi connectivity index (χ2n) is 3.50. The van der Waals surface area contributed by atoms with Crippen molar-refractivity contribution in [2.24, 2.45) is 0 Å². The molecule has 0 spiro atoms. The van der Waals surface area contributed by atoms with Gasteiger partial charge >= 0.3 is 0 Å². The Morgan fingerprint density at radius 3 is 2.25 bits per heavy atom. The van der Waals surface area contributed by atoms with E-state index in [0.29, 0.717) is 0 Å². The molecule has 1 fully saturated rings. The maximum Gasteiger partial charge on any atom is 0.0970 e. The average Bonchev–Trinajstić information content (AvgIpc) is 2.04. The van der Waals surface area contributed by atoms with Crippen molar-refractivity contribution in [2.75, 3.05) is 0 Å². The summed E-state index contributed by atoms with van der Waals surface area (Å²) in [6.45, 7) is 3.82. The molecule has 2 rings (SSSR count). The molecule has 0 atom stereocenters. The standard InChI is InChI=1S/C11H12O/c1-9-7-11(12,8-9)10-5-3-2-4-6-10/h2-6,12H,1,7-8H2. The summed E-state index contributed by atoms with van der Waals surface area (Å²) in [5.74, 6) is 0. The van der Waals surface area contributed by atoms with Crippen LogP contribution in [0.3, 0.4) is 0 Å². The molecule has 1 nitrogen and oxygen atoms in total. The normalized spacial score (nSPS) is 20.2. The second-order valence-corrected chi connectivity index (χ2v) is 3.50. The number of rotatable bonds is 1. The van der Waals surface area contributed by atoms with Gasteiger partial charge in [-0.05, 0) is 5.56 Å². The second kappa shape index (κ2) is 2.46. The van der Waals surface area contributed by atoms with E-state index in [1.165, 1.54) is 0 Å².